The molecular weight excluding hydrogens is 258 g/mol. The molecule has 1 aromatic rings. The summed E-state index contributed by atoms with van der Waals surface area (Å²) in [5.41, 5.74) is 0.426. The Hall–Kier alpha value is -1.95. The van der Waals surface area contributed by atoms with Crippen molar-refractivity contribution >= 4 is 11.6 Å². The summed E-state index contributed by atoms with van der Waals surface area (Å²) >= 11 is 0. The van der Waals surface area contributed by atoms with Crippen LogP contribution in [0.15, 0.2) is 24.3 Å². The second-order valence-electron chi connectivity index (χ2n) is 5.74. The predicted molar refractivity (Wildman–Crippen MR) is 77.3 cm³/mol. The molecule has 0 aliphatic rings. The average molecular weight is 279 g/mol. The van der Waals surface area contributed by atoms with E-state index in [1.807, 2.05) is 20.8 Å². The highest BCUT2D eigenvalue weighted by Crippen LogP contribution is 2.18. The highest BCUT2D eigenvalue weighted by Gasteiger charge is 2.18. The van der Waals surface area contributed by atoms with Crippen molar-refractivity contribution < 1.29 is 9.72 Å². The molecular formula is C14H21N3O3. The number of rotatable bonds is 5. The number of likely N-dealkylation sites (N-methyl/N-ethyl adjacent to an activating group) is 1. The minimum atomic E-state index is -0.430. The van der Waals surface area contributed by atoms with Crippen molar-refractivity contribution in [1.82, 2.24) is 10.2 Å². The lowest BCUT2D eigenvalue weighted by molar-refractivity contribution is -0.385. The number of nitrogens with zero attached hydrogens (tertiary/aromatic N) is 2. The van der Waals surface area contributed by atoms with E-state index in [2.05, 4.69) is 5.32 Å². The van der Waals surface area contributed by atoms with E-state index in [-0.39, 0.29) is 30.2 Å². The molecule has 0 fully saturated rings. The number of hydrogen-bond donors (Lipinski definition) is 1. The quantitative estimate of drug-likeness (QED) is 0.660. The molecule has 1 N–H and O–H groups in total. The summed E-state index contributed by atoms with van der Waals surface area (Å²) in [5, 5.41) is 14.0. The van der Waals surface area contributed by atoms with Crippen LogP contribution in [-0.2, 0) is 11.3 Å². The van der Waals surface area contributed by atoms with E-state index in [1.165, 1.54) is 11.0 Å². The Labute approximate surface area is 118 Å². The summed E-state index contributed by atoms with van der Waals surface area (Å²) in [6.07, 6.45) is 0. The molecule has 0 aliphatic heterocycles. The third-order valence-corrected chi connectivity index (χ3v) is 2.79. The van der Waals surface area contributed by atoms with Gasteiger partial charge in [-0.05, 0) is 20.8 Å². The third-order valence-electron chi connectivity index (χ3n) is 2.79. The SMILES string of the molecule is CN(Cc1ccccc1[N+](=O)[O-])C(=O)CNC(C)(C)C. The first-order valence-corrected chi connectivity index (χ1v) is 6.42. The summed E-state index contributed by atoms with van der Waals surface area (Å²) in [7, 11) is 1.64. The van der Waals surface area contributed by atoms with E-state index in [1.54, 1.807) is 25.2 Å². The molecule has 1 rings (SSSR count). The van der Waals surface area contributed by atoms with Gasteiger partial charge in [0.15, 0.2) is 0 Å². The molecule has 0 aliphatic carbocycles. The van der Waals surface area contributed by atoms with Gasteiger partial charge in [-0.2, -0.15) is 0 Å². The average Bonchev–Trinajstić information content (AvgIpc) is 2.35. The molecule has 1 aromatic carbocycles. The van der Waals surface area contributed by atoms with Crippen molar-refractivity contribution in [2.24, 2.45) is 0 Å². The van der Waals surface area contributed by atoms with E-state index >= 15 is 0 Å². The molecule has 6 nitrogen and oxygen atoms in total. The molecule has 0 aromatic heterocycles. The summed E-state index contributed by atoms with van der Waals surface area (Å²) in [6.45, 7) is 6.36. The van der Waals surface area contributed by atoms with E-state index in [0.29, 0.717) is 5.56 Å². The first-order chi connectivity index (χ1) is 9.20. The molecule has 0 spiro atoms. The Bertz CT molecular complexity index is 495. The van der Waals surface area contributed by atoms with Crippen LogP contribution < -0.4 is 5.32 Å². The van der Waals surface area contributed by atoms with E-state index in [0.717, 1.165) is 0 Å². The molecule has 0 saturated carbocycles. The van der Waals surface area contributed by atoms with Crippen LogP contribution in [0.1, 0.15) is 26.3 Å². The Morgan fingerprint density at radius 2 is 1.95 bits per heavy atom. The Kier molecular flexibility index (Phi) is 5.21. The second kappa shape index (κ2) is 6.47. The molecule has 0 radical (unpaired) electrons. The smallest absolute Gasteiger partial charge is 0.274 e. The number of amides is 1. The van der Waals surface area contributed by atoms with E-state index in [9.17, 15) is 14.9 Å². The number of nitro groups is 1. The Morgan fingerprint density at radius 1 is 1.35 bits per heavy atom. The van der Waals surface area contributed by atoms with Crippen LogP contribution in [0, 0.1) is 10.1 Å². The van der Waals surface area contributed by atoms with Gasteiger partial charge < -0.3 is 10.2 Å². The van der Waals surface area contributed by atoms with Gasteiger partial charge in [-0.3, -0.25) is 14.9 Å². The lowest BCUT2D eigenvalue weighted by atomic mass is 10.1. The van der Waals surface area contributed by atoms with Crippen molar-refractivity contribution in [2.75, 3.05) is 13.6 Å². The van der Waals surface area contributed by atoms with Crippen molar-refractivity contribution in [2.45, 2.75) is 32.9 Å². The van der Waals surface area contributed by atoms with Crippen molar-refractivity contribution in [3.63, 3.8) is 0 Å². The first kappa shape index (κ1) is 16.1. The molecule has 0 saturated heterocycles. The van der Waals surface area contributed by atoms with Crippen LogP contribution in [0.2, 0.25) is 0 Å². The predicted octanol–water partition coefficient (Wildman–Crippen LogP) is 1.94. The van der Waals surface area contributed by atoms with Gasteiger partial charge in [0.05, 0.1) is 18.0 Å². The topological polar surface area (TPSA) is 75.5 Å². The zero-order valence-corrected chi connectivity index (χ0v) is 12.3. The van der Waals surface area contributed by atoms with Crippen molar-refractivity contribution in [1.29, 1.82) is 0 Å². The van der Waals surface area contributed by atoms with Crippen LogP contribution >= 0.6 is 0 Å². The number of para-hydroxylation sites is 1. The summed E-state index contributed by atoms with van der Waals surface area (Å²) in [6, 6.07) is 6.46. The summed E-state index contributed by atoms with van der Waals surface area (Å²) < 4.78 is 0. The Morgan fingerprint density at radius 3 is 2.50 bits per heavy atom. The van der Waals surface area contributed by atoms with Crippen LogP contribution in [0.25, 0.3) is 0 Å². The van der Waals surface area contributed by atoms with Gasteiger partial charge in [0, 0.05) is 24.2 Å². The van der Waals surface area contributed by atoms with Crippen LogP contribution in [-0.4, -0.2) is 34.9 Å². The molecule has 0 heterocycles. The third kappa shape index (κ3) is 4.97. The summed E-state index contributed by atoms with van der Waals surface area (Å²) in [5.74, 6) is -0.0990. The second-order valence-corrected chi connectivity index (χ2v) is 5.74. The van der Waals surface area contributed by atoms with E-state index in [4.69, 9.17) is 0 Å². The maximum Gasteiger partial charge on any atom is 0.274 e. The van der Waals surface area contributed by atoms with Gasteiger partial charge in [-0.1, -0.05) is 18.2 Å². The van der Waals surface area contributed by atoms with Crippen molar-refractivity contribution in [3.8, 4) is 0 Å². The van der Waals surface area contributed by atoms with Gasteiger partial charge in [0.25, 0.3) is 5.69 Å². The van der Waals surface area contributed by atoms with Crippen molar-refractivity contribution in [3.05, 3.63) is 39.9 Å². The fourth-order valence-electron chi connectivity index (χ4n) is 1.64. The van der Waals surface area contributed by atoms with Gasteiger partial charge >= 0.3 is 0 Å². The monoisotopic (exact) mass is 279 g/mol. The van der Waals surface area contributed by atoms with Crippen LogP contribution in [0.5, 0.6) is 0 Å². The van der Waals surface area contributed by atoms with Gasteiger partial charge in [0.1, 0.15) is 0 Å². The lowest BCUT2D eigenvalue weighted by Crippen LogP contribution is -2.43. The summed E-state index contributed by atoms with van der Waals surface area (Å²) in [4.78, 5) is 23.9. The zero-order valence-electron chi connectivity index (χ0n) is 12.3. The first-order valence-electron chi connectivity index (χ1n) is 6.42. The zero-order chi connectivity index (χ0) is 15.3. The van der Waals surface area contributed by atoms with E-state index < -0.39 is 4.92 Å². The Balaban J connectivity index is 2.69. The van der Waals surface area contributed by atoms with Crippen LogP contribution in [0.3, 0.4) is 0 Å². The largest absolute Gasteiger partial charge is 0.340 e. The lowest BCUT2D eigenvalue weighted by Gasteiger charge is -2.23. The molecule has 0 unspecified atom stereocenters. The van der Waals surface area contributed by atoms with Gasteiger partial charge in [0.2, 0.25) is 5.91 Å². The van der Waals surface area contributed by atoms with Gasteiger partial charge in [-0.15, -0.1) is 0 Å². The molecule has 0 atom stereocenters. The van der Waals surface area contributed by atoms with Gasteiger partial charge in [-0.25, -0.2) is 0 Å². The minimum absolute atomic E-state index is 0.0379. The fraction of sp³-hybridized carbons (Fsp3) is 0.500. The number of carbonyl (C=O) groups is 1. The molecule has 6 heteroatoms. The fourth-order valence-corrected chi connectivity index (χ4v) is 1.64. The molecule has 20 heavy (non-hydrogen) atoms. The minimum Gasteiger partial charge on any atom is -0.340 e. The van der Waals surface area contributed by atoms with Crippen LogP contribution in [0.4, 0.5) is 5.69 Å². The standard InChI is InChI=1S/C14H21N3O3/c1-14(2,3)15-9-13(18)16(4)10-11-7-5-6-8-12(11)17(19)20/h5-8,15H,9-10H2,1-4H3. The maximum atomic E-state index is 12.0. The number of benzene rings is 1. The number of nitrogens with one attached hydrogen (secondary N) is 1. The highest BCUT2D eigenvalue weighted by atomic mass is 16.6. The number of nitro benzene ring substituents is 1. The number of carbonyl (C=O) groups excluding carboxylic acids is 1. The number of hydrogen-bond acceptors (Lipinski definition) is 4. The maximum absolute atomic E-state index is 12.0. The molecule has 1 amide bonds. The normalized spacial score (nSPS) is 11.2. The molecule has 110 valence electrons. The highest BCUT2D eigenvalue weighted by molar-refractivity contribution is 5.78. The molecule has 0 bridgehead atoms.